The van der Waals surface area contributed by atoms with Crippen LogP contribution in [-0.2, 0) is 23.7 Å². The molecule has 4 bridgehead atoms. The number of ketones is 1. The first-order valence-electron chi connectivity index (χ1n) is 8.33. The van der Waals surface area contributed by atoms with Crippen molar-refractivity contribution in [1.29, 1.82) is 0 Å². The zero-order chi connectivity index (χ0) is 15.8. The molecule has 1 heterocycles. The molecule has 6 atom stereocenters. The van der Waals surface area contributed by atoms with Crippen molar-refractivity contribution in [3.63, 3.8) is 0 Å². The molecule has 0 aromatic rings. The van der Waals surface area contributed by atoms with E-state index in [-0.39, 0.29) is 35.7 Å². The Hall–Kier alpha value is -0.490. The molecule has 1 aliphatic heterocycles. The van der Waals surface area contributed by atoms with E-state index in [1.807, 2.05) is 13.8 Å². The normalized spacial score (nSPS) is 51.9. The van der Waals surface area contributed by atoms with Crippen LogP contribution in [-0.4, -0.2) is 43.8 Å². The molecule has 0 aromatic carbocycles. The quantitative estimate of drug-likeness (QED) is 0.745. The van der Waals surface area contributed by atoms with Gasteiger partial charge in [-0.3, -0.25) is 4.79 Å². The lowest BCUT2D eigenvalue weighted by atomic mass is 9.35. The Bertz CT molecular complexity index is 499. The summed E-state index contributed by atoms with van der Waals surface area (Å²) < 4.78 is 23.1. The molecule has 0 aromatic heterocycles. The van der Waals surface area contributed by atoms with E-state index in [1.54, 1.807) is 7.11 Å². The van der Waals surface area contributed by atoms with Gasteiger partial charge in [-0.05, 0) is 39.0 Å². The monoisotopic (exact) mass is 310 g/mol. The fraction of sp³-hybridized carbons (Fsp3) is 0.941. The zero-order valence-electron chi connectivity index (χ0n) is 13.9. The number of carbonyl (C=O) groups excluding carboxylic acids is 1. The summed E-state index contributed by atoms with van der Waals surface area (Å²) in [5.74, 6) is 0.447. The van der Waals surface area contributed by atoms with Crippen LogP contribution in [0.3, 0.4) is 0 Å². The molecule has 6 rings (SSSR count). The summed E-state index contributed by atoms with van der Waals surface area (Å²) in [6.07, 6.45) is 2.76. The molecule has 5 heteroatoms. The summed E-state index contributed by atoms with van der Waals surface area (Å²) in [4.78, 5) is 13.0. The Morgan fingerprint density at radius 1 is 1.27 bits per heavy atom. The largest absolute Gasteiger partial charge is 0.359 e. The van der Waals surface area contributed by atoms with E-state index in [0.29, 0.717) is 18.3 Å². The summed E-state index contributed by atoms with van der Waals surface area (Å²) in [5, 5.41) is 0. The second kappa shape index (κ2) is 4.53. The predicted octanol–water partition coefficient (Wildman–Crippen LogP) is 2.13. The maximum absolute atomic E-state index is 13.0. The molecule has 22 heavy (non-hydrogen) atoms. The molecule has 1 unspecified atom stereocenters. The second-order valence-electron chi connectivity index (χ2n) is 8.08. The standard InChI is InChI=1S/C17H26O5/c1-15(2)20-8-12(22-15)13-10-7-11-14(18)16(13,3)5-6-17(10,11)21-9-19-4/h10-13H,5-9H2,1-4H3/t10-,11?,12+,13-,16+,17+/m0/s1. The summed E-state index contributed by atoms with van der Waals surface area (Å²) in [6, 6.07) is 0. The second-order valence-corrected chi connectivity index (χ2v) is 8.08. The lowest BCUT2D eigenvalue weighted by molar-refractivity contribution is -0.306. The van der Waals surface area contributed by atoms with Crippen molar-refractivity contribution >= 4 is 5.78 Å². The van der Waals surface area contributed by atoms with Crippen molar-refractivity contribution in [2.24, 2.45) is 23.2 Å². The third kappa shape index (κ3) is 1.71. The first-order valence-corrected chi connectivity index (χ1v) is 8.33. The number of rotatable bonds is 4. The fourth-order valence-corrected chi connectivity index (χ4v) is 5.65. The average Bonchev–Trinajstić information content (AvgIpc) is 2.80. The van der Waals surface area contributed by atoms with Crippen molar-refractivity contribution in [3.05, 3.63) is 0 Å². The number of Topliss-reactive ketones (excluding diaryl/α,β-unsaturated/α-hetero) is 1. The first-order chi connectivity index (χ1) is 10.3. The van der Waals surface area contributed by atoms with Gasteiger partial charge in [0.25, 0.3) is 0 Å². The summed E-state index contributed by atoms with van der Waals surface area (Å²) in [6.45, 7) is 6.85. The highest BCUT2D eigenvalue weighted by Crippen LogP contribution is 2.70. The van der Waals surface area contributed by atoms with Crippen LogP contribution in [0.5, 0.6) is 0 Å². The van der Waals surface area contributed by atoms with E-state index in [0.717, 1.165) is 19.3 Å². The van der Waals surface area contributed by atoms with Crippen molar-refractivity contribution in [1.82, 2.24) is 0 Å². The number of hydrogen-bond donors (Lipinski definition) is 0. The maximum atomic E-state index is 13.0. The third-order valence-electron chi connectivity index (χ3n) is 6.67. The van der Waals surface area contributed by atoms with Gasteiger partial charge >= 0.3 is 0 Å². The van der Waals surface area contributed by atoms with Gasteiger partial charge in [0.15, 0.2) is 5.79 Å². The molecule has 0 radical (unpaired) electrons. The summed E-state index contributed by atoms with van der Waals surface area (Å²) in [7, 11) is 1.63. The van der Waals surface area contributed by atoms with Crippen LogP contribution in [0, 0.1) is 23.2 Å². The molecule has 5 aliphatic carbocycles. The SMILES string of the molecule is COCO[C@@]12CC[C@@]3(C)C(=O)C1C[C@H]2[C@H]3[C@H]1COC(C)(C)O1. The molecular weight excluding hydrogens is 284 g/mol. The Kier molecular flexibility index (Phi) is 3.10. The van der Waals surface area contributed by atoms with Crippen LogP contribution in [0.2, 0.25) is 0 Å². The molecule has 6 fully saturated rings. The highest BCUT2D eigenvalue weighted by molar-refractivity contribution is 5.92. The minimum absolute atomic E-state index is 0.0129. The Morgan fingerprint density at radius 2 is 2.05 bits per heavy atom. The van der Waals surface area contributed by atoms with Crippen LogP contribution < -0.4 is 0 Å². The van der Waals surface area contributed by atoms with Crippen molar-refractivity contribution in [2.75, 3.05) is 20.5 Å². The van der Waals surface area contributed by atoms with E-state index in [9.17, 15) is 4.79 Å². The Morgan fingerprint density at radius 3 is 2.68 bits per heavy atom. The molecule has 1 saturated heterocycles. The highest BCUT2D eigenvalue weighted by atomic mass is 16.7. The van der Waals surface area contributed by atoms with E-state index < -0.39 is 5.79 Å². The highest BCUT2D eigenvalue weighted by Gasteiger charge is 2.76. The van der Waals surface area contributed by atoms with E-state index in [2.05, 4.69) is 6.92 Å². The number of fused-ring (bicyclic) bond motifs is 1. The Labute approximate surface area is 131 Å². The van der Waals surface area contributed by atoms with Gasteiger partial charge in [0.1, 0.15) is 12.6 Å². The molecule has 124 valence electrons. The zero-order valence-corrected chi connectivity index (χ0v) is 13.9. The van der Waals surface area contributed by atoms with Gasteiger partial charge in [0.2, 0.25) is 0 Å². The molecule has 0 N–H and O–H groups in total. The molecule has 6 aliphatic rings. The van der Waals surface area contributed by atoms with Gasteiger partial charge in [0.05, 0.1) is 18.3 Å². The first kappa shape index (κ1) is 15.1. The minimum Gasteiger partial charge on any atom is -0.359 e. The molecular formula is C17H26O5. The van der Waals surface area contributed by atoms with E-state index in [1.165, 1.54) is 0 Å². The lowest BCUT2D eigenvalue weighted by Gasteiger charge is -2.71. The molecule has 5 nitrogen and oxygen atoms in total. The van der Waals surface area contributed by atoms with E-state index >= 15 is 0 Å². The number of carbonyl (C=O) groups is 1. The van der Waals surface area contributed by atoms with Gasteiger partial charge in [-0.25, -0.2) is 0 Å². The van der Waals surface area contributed by atoms with Crippen molar-refractivity contribution in [3.8, 4) is 0 Å². The third-order valence-corrected chi connectivity index (χ3v) is 6.67. The van der Waals surface area contributed by atoms with Gasteiger partial charge < -0.3 is 18.9 Å². The smallest absolute Gasteiger partial charge is 0.163 e. The average molecular weight is 310 g/mol. The van der Waals surface area contributed by atoms with Crippen molar-refractivity contribution in [2.45, 2.75) is 57.5 Å². The molecule has 0 spiro atoms. The van der Waals surface area contributed by atoms with Gasteiger partial charge in [-0.1, -0.05) is 6.92 Å². The van der Waals surface area contributed by atoms with Crippen LogP contribution in [0.15, 0.2) is 0 Å². The maximum Gasteiger partial charge on any atom is 0.163 e. The predicted molar refractivity (Wildman–Crippen MR) is 78.0 cm³/mol. The van der Waals surface area contributed by atoms with E-state index in [4.69, 9.17) is 18.9 Å². The van der Waals surface area contributed by atoms with Crippen LogP contribution in [0.4, 0.5) is 0 Å². The Balaban J connectivity index is 1.66. The molecule has 5 saturated carbocycles. The lowest BCUT2D eigenvalue weighted by Crippen LogP contribution is -2.77. The summed E-state index contributed by atoms with van der Waals surface area (Å²) >= 11 is 0. The topological polar surface area (TPSA) is 54.0 Å². The van der Waals surface area contributed by atoms with Crippen LogP contribution >= 0.6 is 0 Å². The van der Waals surface area contributed by atoms with Crippen LogP contribution in [0.25, 0.3) is 0 Å². The number of hydrogen-bond acceptors (Lipinski definition) is 5. The van der Waals surface area contributed by atoms with Crippen LogP contribution in [0.1, 0.15) is 40.0 Å². The van der Waals surface area contributed by atoms with Gasteiger partial charge in [-0.2, -0.15) is 0 Å². The van der Waals surface area contributed by atoms with Gasteiger partial charge in [-0.15, -0.1) is 0 Å². The number of methoxy groups -OCH3 is 1. The fourth-order valence-electron chi connectivity index (χ4n) is 5.65. The number of ether oxygens (including phenoxy) is 4. The van der Waals surface area contributed by atoms with Gasteiger partial charge in [0, 0.05) is 24.4 Å². The minimum atomic E-state index is -0.551. The van der Waals surface area contributed by atoms with Crippen molar-refractivity contribution < 1.29 is 23.7 Å². The summed E-state index contributed by atoms with van der Waals surface area (Å²) in [5.41, 5.74) is -0.591. The molecule has 0 amide bonds.